The monoisotopic (exact) mass is 370 g/mol. The van der Waals surface area contributed by atoms with Crippen LogP contribution in [0.3, 0.4) is 0 Å². The van der Waals surface area contributed by atoms with Gasteiger partial charge in [-0.05, 0) is 46.6 Å². The first-order valence-corrected chi connectivity index (χ1v) is 7.23. The van der Waals surface area contributed by atoms with Gasteiger partial charge in [-0.1, -0.05) is 23.7 Å². The number of rotatable bonds is 4. The predicted molar refractivity (Wildman–Crippen MR) is 84.9 cm³/mol. The molecule has 2 N–H and O–H groups in total. The van der Waals surface area contributed by atoms with Gasteiger partial charge in [0.25, 0.3) is 0 Å². The van der Waals surface area contributed by atoms with Crippen molar-refractivity contribution in [1.82, 2.24) is 0 Å². The Kier molecular flexibility index (Phi) is 4.82. The summed E-state index contributed by atoms with van der Waals surface area (Å²) in [4.78, 5) is 10.5. The molecule has 0 heterocycles. The molecule has 0 aliphatic rings. The first-order valence-electron chi connectivity index (χ1n) is 6.06. The van der Waals surface area contributed by atoms with E-state index in [4.69, 9.17) is 22.1 Å². The van der Waals surface area contributed by atoms with Gasteiger partial charge in [0.1, 0.15) is 5.75 Å². The van der Waals surface area contributed by atoms with Crippen molar-refractivity contribution in [2.24, 2.45) is 5.73 Å². The molecule has 0 saturated carbocycles. The molecule has 0 spiro atoms. The quantitative estimate of drug-likeness (QED) is 0.617. The second-order valence-electron chi connectivity index (χ2n) is 4.43. The van der Waals surface area contributed by atoms with Gasteiger partial charge < -0.3 is 10.5 Å². The molecule has 1 atom stereocenters. The first-order chi connectivity index (χ1) is 9.90. The number of nitrogens with two attached hydrogens (primary N) is 1. The largest absolute Gasteiger partial charge is 0.447 e. The van der Waals surface area contributed by atoms with Crippen molar-refractivity contribution in [3.63, 3.8) is 0 Å². The molecule has 0 radical (unpaired) electrons. The van der Waals surface area contributed by atoms with Crippen molar-refractivity contribution >= 4 is 33.2 Å². The Morgan fingerprint density at radius 2 is 2.10 bits per heavy atom. The van der Waals surface area contributed by atoms with Crippen LogP contribution < -0.4 is 10.5 Å². The number of nitrogens with zero attached hydrogens (tertiary/aromatic N) is 1. The molecule has 0 aromatic heterocycles. The van der Waals surface area contributed by atoms with Crippen molar-refractivity contribution in [3.05, 3.63) is 61.6 Å². The van der Waals surface area contributed by atoms with Crippen molar-refractivity contribution < 1.29 is 9.66 Å². The topological polar surface area (TPSA) is 78.4 Å². The van der Waals surface area contributed by atoms with Crippen molar-refractivity contribution in [3.8, 4) is 11.5 Å². The lowest BCUT2D eigenvalue weighted by atomic mass is 10.1. The number of halogens is 2. The van der Waals surface area contributed by atoms with Gasteiger partial charge in [0, 0.05) is 12.1 Å². The molecule has 2 aromatic carbocycles. The van der Waals surface area contributed by atoms with E-state index in [0.717, 1.165) is 5.56 Å². The zero-order valence-corrected chi connectivity index (χ0v) is 13.4. The maximum absolute atomic E-state index is 11.0. The molecule has 0 saturated heterocycles. The van der Waals surface area contributed by atoms with Gasteiger partial charge in [0.2, 0.25) is 5.75 Å². The number of hydrogen-bond acceptors (Lipinski definition) is 4. The zero-order valence-electron chi connectivity index (χ0n) is 11.0. The third-order valence-corrected chi connectivity index (χ3v) is 3.75. The van der Waals surface area contributed by atoms with E-state index in [1.165, 1.54) is 18.2 Å². The van der Waals surface area contributed by atoms with E-state index in [1.807, 2.05) is 13.0 Å². The fraction of sp³-hybridized carbons (Fsp3) is 0.143. The van der Waals surface area contributed by atoms with E-state index in [9.17, 15) is 10.1 Å². The van der Waals surface area contributed by atoms with Crippen LogP contribution in [0.1, 0.15) is 18.5 Å². The number of ether oxygens (including phenoxy) is 1. The molecular formula is C14H12BrClN2O3. The lowest BCUT2D eigenvalue weighted by Gasteiger charge is -2.12. The summed E-state index contributed by atoms with van der Waals surface area (Å²) in [5.74, 6) is 0.439. The van der Waals surface area contributed by atoms with Crippen molar-refractivity contribution in [2.45, 2.75) is 13.0 Å². The second-order valence-corrected chi connectivity index (χ2v) is 5.69. The Labute approximate surface area is 134 Å². The zero-order chi connectivity index (χ0) is 15.6. The highest BCUT2D eigenvalue weighted by Crippen LogP contribution is 2.40. The summed E-state index contributed by atoms with van der Waals surface area (Å²) in [7, 11) is 0. The van der Waals surface area contributed by atoms with Gasteiger partial charge in [-0.2, -0.15) is 0 Å². The van der Waals surface area contributed by atoms with Gasteiger partial charge in [0.05, 0.1) is 14.4 Å². The van der Waals surface area contributed by atoms with Crippen molar-refractivity contribution in [1.29, 1.82) is 0 Å². The van der Waals surface area contributed by atoms with E-state index in [1.54, 1.807) is 12.1 Å². The lowest BCUT2D eigenvalue weighted by molar-refractivity contribution is -0.385. The molecule has 2 aromatic rings. The molecule has 0 aliphatic carbocycles. The Bertz CT molecular complexity index is 692. The Morgan fingerprint density at radius 1 is 1.38 bits per heavy atom. The van der Waals surface area contributed by atoms with E-state index < -0.39 is 4.92 Å². The van der Waals surface area contributed by atoms with Crippen LogP contribution in [0.5, 0.6) is 11.5 Å². The number of para-hydroxylation sites is 1. The maximum Gasteiger partial charge on any atom is 0.313 e. The minimum Gasteiger partial charge on any atom is -0.447 e. The molecule has 5 nitrogen and oxygen atoms in total. The number of nitro benzene ring substituents is 1. The molecule has 0 unspecified atom stereocenters. The third-order valence-electron chi connectivity index (χ3n) is 2.84. The van der Waals surface area contributed by atoms with E-state index >= 15 is 0 Å². The molecule has 110 valence electrons. The fourth-order valence-electron chi connectivity index (χ4n) is 1.74. The fourth-order valence-corrected chi connectivity index (χ4v) is 2.42. The lowest BCUT2D eigenvalue weighted by Crippen LogP contribution is -2.04. The number of nitro groups is 1. The molecule has 2 rings (SSSR count). The Hall–Kier alpha value is -1.63. The van der Waals surface area contributed by atoms with Gasteiger partial charge in [-0.3, -0.25) is 10.1 Å². The Morgan fingerprint density at radius 3 is 2.67 bits per heavy atom. The molecule has 0 aliphatic heterocycles. The van der Waals surface area contributed by atoms with E-state index in [-0.39, 0.29) is 22.5 Å². The third kappa shape index (κ3) is 3.53. The number of benzene rings is 2. The molecule has 0 amide bonds. The smallest absolute Gasteiger partial charge is 0.313 e. The van der Waals surface area contributed by atoms with Gasteiger partial charge >= 0.3 is 5.69 Å². The minimum absolute atomic E-state index is 0.0124. The van der Waals surface area contributed by atoms with Crippen LogP contribution in [-0.4, -0.2) is 4.92 Å². The summed E-state index contributed by atoms with van der Waals surface area (Å²) < 4.78 is 6.25. The van der Waals surface area contributed by atoms with Crippen molar-refractivity contribution in [2.75, 3.05) is 0 Å². The van der Waals surface area contributed by atoms with Crippen LogP contribution in [0, 0.1) is 10.1 Å². The average molecular weight is 372 g/mol. The molecule has 7 heteroatoms. The molecular weight excluding hydrogens is 360 g/mol. The SMILES string of the molecule is C[C@@H](N)c1ccc(Oc2c(Cl)cccc2[N+](=O)[O-])c(Br)c1. The maximum atomic E-state index is 11.0. The van der Waals surface area contributed by atoms with Crippen LogP contribution in [0.4, 0.5) is 5.69 Å². The highest BCUT2D eigenvalue weighted by atomic mass is 79.9. The highest BCUT2D eigenvalue weighted by Gasteiger charge is 2.20. The minimum atomic E-state index is -0.536. The second kappa shape index (κ2) is 6.43. The number of hydrogen-bond donors (Lipinski definition) is 1. The van der Waals surface area contributed by atoms with Crippen LogP contribution >= 0.6 is 27.5 Å². The summed E-state index contributed by atoms with van der Waals surface area (Å²) in [6.45, 7) is 1.86. The first kappa shape index (κ1) is 15.8. The van der Waals surface area contributed by atoms with E-state index in [0.29, 0.717) is 10.2 Å². The molecule has 21 heavy (non-hydrogen) atoms. The highest BCUT2D eigenvalue weighted by molar-refractivity contribution is 9.10. The Balaban J connectivity index is 2.41. The average Bonchev–Trinajstić information content (AvgIpc) is 2.42. The van der Waals surface area contributed by atoms with E-state index in [2.05, 4.69) is 15.9 Å². The van der Waals surface area contributed by atoms with Gasteiger partial charge in [-0.25, -0.2) is 0 Å². The normalized spacial score (nSPS) is 12.0. The summed E-state index contributed by atoms with van der Waals surface area (Å²) in [6, 6.07) is 9.55. The van der Waals surface area contributed by atoms with Gasteiger partial charge in [0.15, 0.2) is 0 Å². The molecule has 0 fully saturated rings. The molecule has 0 bridgehead atoms. The van der Waals surface area contributed by atoms with Crippen LogP contribution in [0.2, 0.25) is 5.02 Å². The van der Waals surface area contributed by atoms with Gasteiger partial charge in [-0.15, -0.1) is 0 Å². The summed E-state index contributed by atoms with van der Waals surface area (Å²) in [5, 5.41) is 11.2. The van der Waals surface area contributed by atoms with Crippen LogP contribution in [0.15, 0.2) is 40.9 Å². The van der Waals surface area contributed by atoms with Crippen LogP contribution in [-0.2, 0) is 0 Å². The predicted octanol–water partition coefficient (Wildman–Crippen LogP) is 4.82. The van der Waals surface area contributed by atoms with Crippen LogP contribution in [0.25, 0.3) is 0 Å². The summed E-state index contributed by atoms with van der Waals surface area (Å²) >= 11 is 9.36. The standard InChI is InChI=1S/C14H12BrClN2O3/c1-8(17)9-5-6-13(10(15)7-9)21-14-11(16)3-2-4-12(14)18(19)20/h2-8H,17H2,1H3/t8-/m1/s1. The summed E-state index contributed by atoms with van der Waals surface area (Å²) in [6.07, 6.45) is 0. The summed E-state index contributed by atoms with van der Waals surface area (Å²) in [5.41, 5.74) is 6.53.